The quantitative estimate of drug-likeness (QED) is 0.738. The van der Waals surface area contributed by atoms with Gasteiger partial charge in [-0.2, -0.15) is 8.78 Å². The van der Waals surface area contributed by atoms with E-state index in [1.807, 2.05) is 0 Å². The van der Waals surface area contributed by atoms with Crippen LogP contribution in [0.2, 0.25) is 0 Å². The molecule has 0 N–H and O–H groups in total. The summed E-state index contributed by atoms with van der Waals surface area (Å²) in [5.41, 5.74) is 0.984. The van der Waals surface area contributed by atoms with Crippen LogP contribution in [0.15, 0.2) is 24.7 Å². The Morgan fingerprint density at radius 1 is 1.22 bits per heavy atom. The van der Waals surface area contributed by atoms with E-state index in [9.17, 15) is 13.2 Å². The minimum absolute atomic E-state index is 0.128. The fourth-order valence-electron chi connectivity index (χ4n) is 2.04. The molecule has 3 rings (SSSR count). The standard InChI is InChI=1S/C14H12F3N5O/c1-3-23-14(16,17)13-21-20-12-6-19-11(7-22(12)13)9-4-10(15)8(2)18-5-9/h4-7H,3H2,1-2H3. The number of aryl methyl sites for hydroxylation is 1. The van der Waals surface area contributed by atoms with Crippen LogP contribution >= 0.6 is 0 Å². The molecule has 120 valence electrons. The summed E-state index contributed by atoms with van der Waals surface area (Å²) in [6.07, 6.45) is 0.385. The molecule has 0 fully saturated rings. The Bertz CT molecular complexity index is 865. The molecular weight excluding hydrogens is 311 g/mol. The van der Waals surface area contributed by atoms with Gasteiger partial charge in [0.15, 0.2) is 5.65 Å². The molecule has 0 aliphatic carbocycles. The summed E-state index contributed by atoms with van der Waals surface area (Å²) in [6, 6.07) is 1.24. The third-order valence-corrected chi connectivity index (χ3v) is 3.20. The second-order valence-electron chi connectivity index (χ2n) is 4.77. The van der Waals surface area contributed by atoms with Crippen molar-refractivity contribution in [3.05, 3.63) is 42.0 Å². The lowest BCUT2D eigenvalue weighted by Crippen LogP contribution is -2.21. The molecule has 0 aliphatic heterocycles. The van der Waals surface area contributed by atoms with Crippen molar-refractivity contribution in [2.45, 2.75) is 20.0 Å². The van der Waals surface area contributed by atoms with Gasteiger partial charge in [0.1, 0.15) is 5.82 Å². The average molecular weight is 323 g/mol. The summed E-state index contributed by atoms with van der Waals surface area (Å²) in [5.74, 6) is -1.17. The van der Waals surface area contributed by atoms with Crippen LogP contribution in [0, 0.1) is 12.7 Å². The van der Waals surface area contributed by atoms with E-state index in [0.717, 1.165) is 4.40 Å². The Kier molecular flexibility index (Phi) is 3.72. The average Bonchev–Trinajstić information content (AvgIpc) is 2.94. The molecule has 6 nitrogen and oxygen atoms in total. The van der Waals surface area contributed by atoms with Crippen LogP contribution in [0.25, 0.3) is 16.9 Å². The first-order valence-electron chi connectivity index (χ1n) is 6.78. The molecule has 0 spiro atoms. The fourth-order valence-corrected chi connectivity index (χ4v) is 2.04. The highest BCUT2D eigenvalue weighted by Crippen LogP contribution is 2.29. The maximum absolute atomic E-state index is 13.9. The summed E-state index contributed by atoms with van der Waals surface area (Å²) in [4.78, 5) is 7.97. The number of hydrogen-bond donors (Lipinski definition) is 0. The topological polar surface area (TPSA) is 65.2 Å². The highest BCUT2D eigenvalue weighted by Gasteiger charge is 2.38. The molecule has 0 amide bonds. The Balaban J connectivity index is 2.12. The van der Waals surface area contributed by atoms with Crippen molar-refractivity contribution in [3.8, 4) is 11.3 Å². The summed E-state index contributed by atoms with van der Waals surface area (Å²) in [6.45, 7) is 2.79. The summed E-state index contributed by atoms with van der Waals surface area (Å²) in [5, 5.41) is 7.09. The van der Waals surface area contributed by atoms with Crippen LogP contribution < -0.4 is 0 Å². The van der Waals surface area contributed by atoms with Gasteiger partial charge in [0.05, 0.1) is 24.2 Å². The summed E-state index contributed by atoms with van der Waals surface area (Å²) < 4.78 is 47.0. The third-order valence-electron chi connectivity index (χ3n) is 3.20. The van der Waals surface area contributed by atoms with Crippen molar-refractivity contribution in [3.63, 3.8) is 0 Å². The van der Waals surface area contributed by atoms with Crippen molar-refractivity contribution in [2.24, 2.45) is 0 Å². The number of pyridine rings is 1. The smallest absolute Gasteiger partial charge is 0.314 e. The third kappa shape index (κ3) is 2.74. The van der Waals surface area contributed by atoms with Crippen LogP contribution in [0.3, 0.4) is 0 Å². The molecule has 0 atom stereocenters. The first-order valence-corrected chi connectivity index (χ1v) is 6.78. The number of hydrogen-bond acceptors (Lipinski definition) is 5. The maximum atomic E-state index is 13.9. The molecule has 0 radical (unpaired) electrons. The van der Waals surface area contributed by atoms with Crippen LogP contribution in [-0.4, -0.2) is 31.2 Å². The molecule has 9 heteroatoms. The number of fused-ring (bicyclic) bond motifs is 1. The van der Waals surface area contributed by atoms with Crippen molar-refractivity contribution < 1.29 is 17.9 Å². The monoisotopic (exact) mass is 323 g/mol. The van der Waals surface area contributed by atoms with E-state index in [2.05, 4.69) is 24.9 Å². The number of alkyl halides is 2. The highest BCUT2D eigenvalue weighted by molar-refractivity contribution is 5.58. The number of ether oxygens (including phenoxy) is 1. The van der Waals surface area contributed by atoms with Gasteiger partial charge in [-0.3, -0.25) is 14.4 Å². The lowest BCUT2D eigenvalue weighted by Gasteiger charge is -2.13. The van der Waals surface area contributed by atoms with Crippen molar-refractivity contribution >= 4 is 5.65 Å². The van der Waals surface area contributed by atoms with E-state index in [0.29, 0.717) is 5.56 Å². The highest BCUT2D eigenvalue weighted by atomic mass is 19.3. The van der Waals surface area contributed by atoms with Crippen LogP contribution in [0.4, 0.5) is 13.2 Å². The number of nitrogens with zero attached hydrogens (tertiary/aromatic N) is 5. The van der Waals surface area contributed by atoms with E-state index in [4.69, 9.17) is 0 Å². The molecule has 0 bridgehead atoms. The Morgan fingerprint density at radius 3 is 2.70 bits per heavy atom. The zero-order chi connectivity index (χ0) is 16.6. The molecular formula is C14H12F3N5O. The molecule has 3 heterocycles. The molecule has 0 unspecified atom stereocenters. The zero-order valence-corrected chi connectivity index (χ0v) is 12.3. The van der Waals surface area contributed by atoms with Gasteiger partial charge in [-0.05, 0) is 19.9 Å². The fraction of sp³-hybridized carbons (Fsp3) is 0.286. The van der Waals surface area contributed by atoms with Gasteiger partial charge in [0.2, 0.25) is 5.82 Å². The number of halogens is 3. The van der Waals surface area contributed by atoms with E-state index in [1.165, 1.54) is 38.5 Å². The second kappa shape index (κ2) is 5.58. The number of rotatable bonds is 4. The maximum Gasteiger partial charge on any atom is 0.418 e. The predicted octanol–water partition coefficient (Wildman–Crippen LogP) is 2.72. The van der Waals surface area contributed by atoms with E-state index >= 15 is 0 Å². The largest absolute Gasteiger partial charge is 0.418 e. The first kappa shape index (κ1) is 15.3. The van der Waals surface area contributed by atoms with Crippen LogP contribution in [-0.2, 0) is 10.8 Å². The first-order chi connectivity index (χ1) is 10.9. The SMILES string of the molecule is CCOC(F)(F)c1nnc2cnc(-c3cnc(C)c(F)c3)cn12. The number of aromatic nitrogens is 5. The van der Waals surface area contributed by atoms with Gasteiger partial charge in [-0.15, -0.1) is 10.2 Å². The molecule has 0 aromatic carbocycles. The molecule has 3 aromatic rings. The minimum atomic E-state index is -3.59. The molecule has 0 saturated heterocycles. The van der Waals surface area contributed by atoms with E-state index in [1.54, 1.807) is 0 Å². The van der Waals surface area contributed by atoms with Crippen molar-refractivity contribution in [1.82, 2.24) is 24.6 Å². The summed E-state index contributed by atoms with van der Waals surface area (Å²) >= 11 is 0. The van der Waals surface area contributed by atoms with Crippen LogP contribution in [0.5, 0.6) is 0 Å². The Hall–Kier alpha value is -2.55. The summed E-state index contributed by atoms with van der Waals surface area (Å²) in [7, 11) is 0. The molecule has 0 saturated carbocycles. The zero-order valence-electron chi connectivity index (χ0n) is 12.3. The van der Waals surface area contributed by atoms with Gasteiger partial charge < -0.3 is 4.74 Å². The lowest BCUT2D eigenvalue weighted by molar-refractivity contribution is -0.251. The minimum Gasteiger partial charge on any atom is -0.314 e. The molecule has 3 aromatic heterocycles. The Morgan fingerprint density at radius 2 is 2.00 bits per heavy atom. The van der Waals surface area contributed by atoms with Gasteiger partial charge >= 0.3 is 6.11 Å². The Labute approximate surface area is 129 Å². The molecule has 23 heavy (non-hydrogen) atoms. The van der Waals surface area contributed by atoms with Crippen LogP contribution in [0.1, 0.15) is 18.4 Å². The molecule has 0 aliphatic rings. The van der Waals surface area contributed by atoms with Gasteiger partial charge in [-0.25, -0.2) is 4.39 Å². The predicted molar refractivity (Wildman–Crippen MR) is 74.2 cm³/mol. The second-order valence-corrected chi connectivity index (χ2v) is 4.77. The van der Waals surface area contributed by atoms with Crippen molar-refractivity contribution in [2.75, 3.05) is 6.61 Å². The normalized spacial score (nSPS) is 12.0. The van der Waals surface area contributed by atoms with E-state index < -0.39 is 17.8 Å². The van der Waals surface area contributed by atoms with E-state index in [-0.39, 0.29) is 23.6 Å². The van der Waals surface area contributed by atoms with Gasteiger partial charge in [0.25, 0.3) is 0 Å². The van der Waals surface area contributed by atoms with Gasteiger partial charge in [-0.1, -0.05) is 0 Å². The van der Waals surface area contributed by atoms with Crippen molar-refractivity contribution in [1.29, 1.82) is 0 Å². The lowest BCUT2D eigenvalue weighted by atomic mass is 10.2. The van der Waals surface area contributed by atoms with Gasteiger partial charge in [0, 0.05) is 18.0 Å².